The highest BCUT2D eigenvalue weighted by molar-refractivity contribution is 5.74. The van der Waals surface area contributed by atoms with Gasteiger partial charge in [0.05, 0.1) is 16.9 Å². The maximum Gasteiger partial charge on any atom is 0.333 e. The fourth-order valence-corrected chi connectivity index (χ4v) is 2.57. The van der Waals surface area contributed by atoms with Crippen molar-refractivity contribution in [2.45, 2.75) is 13.1 Å². The largest absolute Gasteiger partial charge is 0.480 e. The summed E-state index contributed by atoms with van der Waals surface area (Å²) >= 11 is 0. The van der Waals surface area contributed by atoms with Gasteiger partial charge in [-0.15, -0.1) is 0 Å². The Morgan fingerprint density at radius 1 is 1.15 bits per heavy atom. The van der Waals surface area contributed by atoms with Gasteiger partial charge in [0.2, 0.25) is 0 Å². The number of non-ortho nitro benzene ring substituents is 1. The van der Waals surface area contributed by atoms with Crippen LogP contribution in [-0.2, 0) is 17.9 Å². The number of nitro benzene ring substituents is 1. The molecule has 0 unspecified atom stereocenters. The van der Waals surface area contributed by atoms with Crippen LogP contribution in [0.4, 0.5) is 5.69 Å². The van der Waals surface area contributed by atoms with Gasteiger partial charge >= 0.3 is 11.7 Å². The molecule has 0 aliphatic rings. The van der Waals surface area contributed by atoms with Crippen molar-refractivity contribution in [1.82, 2.24) is 14.1 Å². The normalized spacial score (nSPS) is 10.8. The van der Waals surface area contributed by atoms with E-state index in [1.165, 1.54) is 47.2 Å². The van der Waals surface area contributed by atoms with Gasteiger partial charge in [-0.1, -0.05) is 12.1 Å². The van der Waals surface area contributed by atoms with E-state index in [1.54, 1.807) is 0 Å². The molecule has 0 saturated heterocycles. The van der Waals surface area contributed by atoms with Crippen molar-refractivity contribution >= 4 is 22.7 Å². The van der Waals surface area contributed by atoms with Crippen LogP contribution in [0.3, 0.4) is 0 Å². The molecule has 26 heavy (non-hydrogen) atoms. The van der Waals surface area contributed by atoms with Crippen molar-refractivity contribution < 1.29 is 14.8 Å². The molecule has 10 nitrogen and oxygen atoms in total. The molecule has 0 saturated carbocycles. The molecule has 2 heterocycles. The molecule has 0 bridgehead atoms. The third-order valence-electron chi connectivity index (χ3n) is 3.76. The summed E-state index contributed by atoms with van der Waals surface area (Å²) in [6.07, 6.45) is 1.41. The Morgan fingerprint density at radius 3 is 2.46 bits per heavy atom. The smallest absolute Gasteiger partial charge is 0.333 e. The van der Waals surface area contributed by atoms with Gasteiger partial charge in [0.25, 0.3) is 11.2 Å². The minimum atomic E-state index is -1.32. The van der Waals surface area contributed by atoms with Crippen LogP contribution >= 0.6 is 0 Å². The number of hydrogen-bond donors (Lipinski definition) is 1. The third kappa shape index (κ3) is 3.07. The number of rotatable bonds is 5. The van der Waals surface area contributed by atoms with E-state index in [2.05, 4.69) is 4.98 Å². The van der Waals surface area contributed by atoms with Crippen molar-refractivity contribution in [2.24, 2.45) is 0 Å². The van der Waals surface area contributed by atoms with Gasteiger partial charge in [0.1, 0.15) is 12.2 Å². The molecule has 0 aliphatic carbocycles. The second-order valence-electron chi connectivity index (χ2n) is 5.45. The molecule has 0 atom stereocenters. The van der Waals surface area contributed by atoms with Gasteiger partial charge in [0.15, 0.2) is 0 Å². The van der Waals surface area contributed by atoms with Crippen molar-refractivity contribution in [3.8, 4) is 0 Å². The molecule has 3 aromatic rings. The monoisotopic (exact) mass is 356 g/mol. The van der Waals surface area contributed by atoms with Gasteiger partial charge in [-0.25, -0.2) is 14.3 Å². The first-order valence-corrected chi connectivity index (χ1v) is 7.42. The molecule has 0 spiro atoms. The fourth-order valence-electron chi connectivity index (χ4n) is 2.57. The Hall–Kier alpha value is -3.82. The SMILES string of the molecule is O=C(O)Cn1c(=O)c2cccnc2n(Cc2ccc([N+](=O)[O-])cc2)c1=O. The summed E-state index contributed by atoms with van der Waals surface area (Å²) in [5.74, 6) is -1.32. The van der Waals surface area contributed by atoms with Crippen molar-refractivity contribution in [2.75, 3.05) is 0 Å². The molecular formula is C16H12N4O6. The predicted octanol–water partition coefficient (Wildman–Crippen LogP) is 0.599. The molecule has 1 N–H and O–H groups in total. The Labute approximate surface area is 144 Å². The first-order chi connectivity index (χ1) is 12.4. The number of carboxylic acid groups (broad SMARTS) is 1. The summed E-state index contributed by atoms with van der Waals surface area (Å²) in [7, 11) is 0. The van der Waals surface area contributed by atoms with Crippen LogP contribution in [0.25, 0.3) is 11.0 Å². The van der Waals surface area contributed by atoms with Crippen LogP contribution in [0.15, 0.2) is 52.2 Å². The lowest BCUT2D eigenvalue weighted by Crippen LogP contribution is -2.42. The summed E-state index contributed by atoms with van der Waals surface area (Å²) in [5, 5.41) is 19.8. The Morgan fingerprint density at radius 2 is 1.85 bits per heavy atom. The van der Waals surface area contributed by atoms with Crippen LogP contribution in [0.2, 0.25) is 0 Å². The average molecular weight is 356 g/mol. The Balaban J connectivity index is 2.18. The second-order valence-corrected chi connectivity index (χ2v) is 5.45. The lowest BCUT2D eigenvalue weighted by molar-refractivity contribution is -0.384. The minimum Gasteiger partial charge on any atom is -0.480 e. The number of aromatic nitrogens is 3. The van der Waals surface area contributed by atoms with Gasteiger partial charge in [-0.05, 0) is 17.7 Å². The van der Waals surface area contributed by atoms with E-state index in [1.807, 2.05) is 0 Å². The third-order valence-corrected chi connectivity index (χ3v) is 3.76. The molecule has 10 heteroatoms. The number of hydrogen-bond acceptors (Lipinski definition) is 6. The highest BCUT2D eigenvalue weighted by atomic mass is 16.6. The second kappa shape index (κ2) is 6.59. The van der Waals surface area contributed by atoms with Crippen molar-refractivity contribution in [3.05, 3.63) is 79.1 Å². The first kappa shape index (κ1) is 17.0. The zero-order chi connectivity index (χ0) is 18.8. The summed E-state index contributed by atoms with van der Waals surface area (Å²) in [6.45, 7) is -0.799. The molecular weight excluding hydrogens is 344 g/mol. The zero-order valence-electron chi connectivity index (χ0n) is 13.2. The number of fused-ring (bicyclic) bond motifs is 1. The number of carboxylic acids is 1. The van der Waals surface area contributed by atoms with Crippen LogP contribution in [0.5, 0.6) is 0 Å². The summed E-state index contributed by atoms with van der Waals surface area (Å²) in [6, 6.07) is 8.51. The van der Waals surface area contributed by atoms with Crippen LogP contribution in [-0.4, -0.2) is 30.1 Å². The zero-order valence-corrected chi connectivity index (χ0v) is 13.2. The Kier molecular flexibility index (Phi) is 4.31. The highest BCUT2D eigenvalue weighted by Gasteiger charge is 2.16. The molecule has 132 valence electrons. The number of benzene rings is 1. The standard InChI is InChI=1S/C16H12N4O6/c21-13(22)9-19-15(23)12-2-1-7-17-14(12)18(16(19)24)8-10-3-5-11(6-4-10)20(25)26/h1-7H,8-9H2,(H,21,22). The van der Waals surface area contributed by atoms with Crippen LogP contribution in [0.1, 0.15) is 5.56 Å². The lowest BCUT2D eigenvalue weighted by Gasteiger charge is -2.12. The van der Waals surface area contributed by atoms with E-state index >= 15 is 0 Å². The average Bonchev–Trinajstić information content (AvgIpc) is 2.62. The van der Waals surface area contributed by atoms with E-state index in [0.29, 0.717) is 10.1 Å². The fraction of sp³-hybridized carbons (Fsp3) is 0.125. The molecule has 0 amide bonds. The van der Waals surface area contributed by atoms with Crippen LogP contribution < -0.4 is 11.2 Å². The summed E-state index contributed by atoms with van der Waals surface area (Å²) < 4.78 is 1.79. The van der Waals surface area contributed by atoms with Gasteiger partial charge < -0.3 is 5.11 Å². The quantitative estimate of drug-likeness (QED) is 0.522. The van der Waals surface area contributed by atoms with Gasteiger partial charge in [-0.2, -0.15) is 0 Å². The minimum absolute atomic E-state index is 0.0236. The van der Waals surface area contributed by atoms with E-state index in [4.69, 9.17) is 5.11 Å². The number of nitro groups is 1. The van der Waals surface area contributed by atoms with Crippen molar-refractivity contribution in [1.29, 1.82) is 0 Å². The van der Waals surface area contributed by atoms with Gasteiger partial charge in [-0.3, -0.25) is 24.3 Å². The maximum absolute atomic E-state index is 12.6. The molecule has 1 aromatic carbocycles. The molecule has 0 radical (unpaired) electrons. The topological polar surface area (TPSA) is 137 Å². The molecule has 2 aromatic heterocycles. The van der Waals surface area contributed by atoms with E-state index in [9.17, 15) is 24.5 Å². The number of nitrogens with zero attached hydrogens (tertiary/aromatic N) is 4. The van der Waals surface area contributed by atoms with E-state index in [-0.39, 0.29) is 23.3 Å². The van der Waals surface area contributed by atoms with Crippen molar-refractivity contribution in [3.63, 3.8) is 0 Å². The van der Waals surface area contributed by atoms with Crippen LogP contribution in [0, 0.1) is 10.1 Å². The van der Waals surface area contributed by atoms with Gasteiger partial charge in [0, 0.05) is 18.3 Å². The number of carbonyl (C=O) groups is 1. The van der Waals surface area contributed by atoms with E-state index in [0.717, 1.165) is 0 Å². The molecule has 0 aliphatic heterocycles. The maximum atomic E-state index is 12.6. The first-order valence-electron chi connectivity index (χ1n) is 7.42. The highest BCUT2D eigenvalue weighted by Crippen LogP contribution is 2.13. The molecule has 0 fully saturated rings. The Bertz CT molecular complexity index is 1130. The summed E-state index contributed by atoms with van der Waals surface area (Å²) in [4.78, 5) is 50.3. The molecule has 3 rings (SSSR count). The summed E-state index contributed by atoms with van der Waals surface area (Å²) in [5.41, 5.74) is -0.977. The van der Waals surface area contributed by atoms with E-state index < -0.39 is 28.7 Å². The lowest BCUT2D eigenvalue weighted by atomic mass is 10.2. The number of pyridine rings is 1. The predicted molar refractivity (Wildman–Crippen MR) is 90.1 cm³/mol. The number of aliphatic carboxylic acids is 1.